The van der Waals surface area contributed by atoms with E-state index in [4.69, 9.17) is 4.99 Å². The van der Waals surface area contributed by atoms with Gasteiger partial charge in [-0.05, 0) is 36.3 Å². The normalized spacial score (nSPS) is 24.7. The summed E-state index contributed by atoms with van der Waals surface area (Å²) in [6, 6.07) is 13.3. The second-order valence-electron chi connectivity index (χ2n) is 5.77. The number of hydrogen-bond donors (Lipinski definition) is 1. The highest BCUT2D eigenvalue weighted by atomic mass is 79.9. The third-order valence-corrected chi connectivity index (χ3v) is 6.22. The van der Waals surface area contributed by atoms with Crippen molar-refractivity contribution in [3.8, 4) is 0 Å². The van der Waals surface area contributed by atoms with Gasteiger partial charge in [-0.25, -0.2) is 0 Å². The lowest BCUT2D eigenvalue weighted by molar-refractivity contribution is 0.535. The molecule has 2 aliphatic rings. The zero-order valence-corrected chi connectivity index (χ0v) is 14.1. The van der Waals surface area contributed by atoms with Gasteiger partial charge in [0.25, 0.3) is 0 Å². The number of benzene rings is 2. The first-order chi connectivity index (χ1) is 10.3. The molecular weight excluding hydrogens is 344 g/mol. The molecule has 1 saturated carbocycles. The molecular formula is C17H17BrN2S. The number of amidine groups is 1. The lowest BCUT2D eigenvalue weighted by Gasteiger charge is -2.24. The molecule has 4 rings (SSSR count). The summed E-state index contributed by atoms with van der Waals surface area (Å²) in [5.41, 5.74) is 1.15. The summed E-state index contributed by atoms with van der Waals surface area (Å²) in [5.74, 6) is 2.02. The molecule has 1 N–H and O–H groups in total. The van der Waals surface area contributed by atoms with Crippen LogP contribution in [0.5, 0.6) is 0 Å². The number of nitrogens with one attached hydrogen (secondary N) is 1. The van der Waals surface area contributed by atoms with Crippen LogP contribution < -0.4 is 5.32 Å². The molecule has 2 nitrogen and oxygen atoms in total. The van der Waals surface area contributed by atoms with Crippen LogP contribution in [-0.4, -0.2) is 17.0 Å². The molecule has 0 spiro atoms. The van der Waals surface area contributed by atoms with E-state index in [0.717, 1.165) is 21.2 Å². The van der Waals surface area contributed by atoms with E-state index in [9.17, 15) is 0 Å². The summed E-state index contributed by atoms with van der Waals surface area (Å²) >= 11 is 5.50. The van der Waals surface area contributed by atoms with Gasteiger partial charge in [0.15, 0.2) is 5.17 Å². The summed E-state index contributed by atoms with van der Waals surface area (Å²) in [6.07, 6.45) is 3.96. The lowest BCUT2D eigenvalue weighted by atomic mass is 10.1. The van der Waals surface area contributed by atoms with Crippen LogP contribution in [-0.2, 0) is 0 Å². The van der Waals surface area contributed by atoms with Crippen LogP contribution in [0, 0.1) is 5.92 Å². The Labute approximate surface area is 137 Å². The maximum absolute atomic E-state index is 4.93. The Kier molecular flexibility index (Phi) is 3.67. The van der Waals surface area contributed by atoms with Gasteiger partial charge in [0.2, 0.25) is 0 Å². The number of halogens is 1. The number of rotatable bonds is 1. The molecule has 2 unspecified atom stereocenters. The highest BCUT2D eigenvalue weighted by molar-refractivity contribution is 9.10. The fourth-order valence-corrected chi connectivity index (χ4v) is 4.94. The van der Waals surface area contributed by atoms with Crippen LogP contribution >= 0.6 is 27.7 Å². The Hall–Kier alpha value is -1.00. The largest absolute Gasteiger partial charge is 0.334 e. The Morgan fingerprint density at radius 3 is 2.86 bits per heavy atom. The minimum atomic E-state index is 0.551. The Balaban J connectivity index is 1.67. The fourth-order valence-electron chi connectivity index (χ4n) is 3.31. The number of fused-ring (bicyclic) bond motifs is 2. The maximum Gasteiger partial charge on any atom is 0.161 e. The zero-order valence-electron chi connectivity index (χ0n) is 11.7. The van der Waals surface area contributed by atoms with Gasteiger partial charge in [0.05, 0.1) is 6.04 Å². The molecule has 0 aromatic heterocycles. The lowest BCUT2D eigenvalue weighted by Crippen LogP contribution is -2.25. The number of aliphatic imine (C=N–C) groups is 1. The van der Waals surface area contributed by atoms with Gasteiger partial charge in [0.1, 0.15) is 0 Å². The van der Waals surface area contributed by atoms with E-state index >= 15 is 0 Å². The summed E-state index contributed by atoms with van der Waals surface area (Å²) in [7, 11) is 0. The standard InChI is InChI=1S/C17H17BrN2S/c18-14-8-9-16(13-6-2-1-5-12(13)14)20-17-19-15-7-3-4-11(15)10-21-17/h1-2,5-6,8-9,11,15H,3-4,7,10H2,(H,19,20). The minimum absolute atomic E-state index is 0.551. The van der Waals surface area contributed by atoms with Crippen molar-refractivity contribution in [1.29, 1.82) is 0 Å². The molecule has 2 aromatic carbocycles. The number of nitrogens with zero attached hydrogens (tertiary/aromatic N) is 1. The second kappa shape index (κ2) is 5.65. The van der Waals surface area contributed by atoms with Crippen molar-refractivity contribution in [2.45, 2.75) is 25.3 Å². The molecule has 1 aliphatic carbocycles. The van der Waals surface area contributed by atoms with Crippen molar-refractivity contribution in [1.82, 2.24) is 0 Å². The van der Waals surface area contributed by atoms with Crippen molar-refractivity contribution in [3.63, 3.8) is 0 Å². The molecule has 1 fully saturated rings. The molecule has 0 radical (unpaired) electrons. The molecule has 1 aliphatic heterocycles. The van der Waals surface area contributed by atoms with Gasteiger partial charge in [-0.2, -0.15) is 0 Å². The van der Waals surface area contributed by atoms with E-state index in [0.29, 0.717) is 6.04 Å². The van der Waals surface area contributed by atoms with Crippen LogP contribution in [0.15, 0.2) is 45.9 Å². The third-order valence-electron chi connectivity index (χ3n) is 4.45. The van der Waals surface area contributed by atoms with Gasteiger partial charge in [-0.1, -0.05) is 58.4 Å². The first-order valence-corrected chi connectivity index (χ1v) is 9.24. The topological polar surface area (TPSA) is 24.4 Å². The molecule has 2 aromatic rings. The predicted octanol–water partition coefficient (Wildman–Crippen LogP) is 5.29. The van der Waals surface area contributed by atoms with Crippen molar-refractivity contribution in [2.24, 2.45) is 10.9 Å². The molecule has 0 saturated heterocycles. The van der Waals surface area contributed by atoms with Crippen molar-refractivity contribution >= 4 is 49.3 Å². The van der Waals surface area contributed by atoms with E-state index in [1.165, 1.54) is 35.8 Å². The monoisotopic (exact) mass is 360 g/mol. The van der Waals surface area contributed by atoms with E-state index in [-0.39, 0.29) is 0 Å². The quantitative estimate of drug-likeness (QED) is 0.747. The maximum atomic E-state index is 4.93. The average Bonchev–Trinajstić information content (AvgIpc) is 2.98. The molecule has 2 atom stereocenters. The Bertz CT molecular complexity index is 713. The van der Waals surface area contributed by atoms with Gasteiger partial charge in [0, 0.05) is 21.3 Å². The number of thioether (sulfide) groups is 1. The first kappa shape index (κ1) is 13.6. The van der Waals surface area contributed by atoms with E-state index < -0.39 is 0 Å². The van der Waals surface area contributed by atoms with Crippen LogP contribution in [0.25, 0.3) is 10.8 Å². The molecule has 108 valence electrons. The van der Waals surface area contributed by atoms with Gasteiger partial charge < -0.3 is 5.32 Å². The molecule has 4 heteroatoms. The Morgan fingerprint density at radius 1 is 1.10 bits per heavy atom. The predicted molar refractivity (Wildman–Crippen MR) is 96.3 cm³/mol. The first-order valence-electron chi connectivity index (χ1n) is 7.46. The summed E-state index contributed by atoms with van der Waals surface area (Å²) < 4.78 is 1.14. The summed E-state index contributed by atoms with van der Waals surface area (Å²) in [4.78, 5) is 4.93. The zero-order chi connectivity index (χ0) is 14.2. The molecule has 0 amide bonds. The van der Waals surface area contributed by atoms with Gasteiger partial charge in [-0.3, -0.25) is 4.99 Å². The summed E-state index contributed by atoms with van der Waals surface area (Å²) in [5, 5.41) is 7.12. The van der Waals surface area contributed by atoms with Gasteiger partial charge in [-0.15, -0.1) is 0 Å². The fraction of sp³-hybridized carbons (Fsp3) is 0.353. The highest BCUT2D eigenvalue weighted by Crippen LogP contribution is 2.36. The van der Waals surface area contributed by atoms with E-state index in [2.05, 4.69) is 57.6 Å². The second-order valence-corrected chi connectivity index (χ2v) is 7.63. The smallest absolute Gasteiger partial charge is 0.161 e. The van der Waals surface area contributed by atoms with Crippen LogP contribution in [0.3, 0.4) is 0 Å². The number of anilines is 1. The van der Waals surface area contributed by atoms with Crippen LogP contribution in [0.4, 0.5) is 5.69 Å². The van der Waals surface area contributed by atoms with Crippen LogP contribution in [0.1, 0.15) is 19.3 Å². The third kappa shape index (κ3) is 2.59. The van der Waals surface area contributed by atoms with E-state index in [1.807, 2.05) is 11.8 Å². The molecule has 0 bridgehead atoms. The number of hydrogen-bond acceptors (Lipinski definition) is 3. The van der Waals surface area contributed by atoms with Gasteiger partial charge >= 0.3 is 0 Å². The van der Waals surface area contributed by atoms with Crippen molar-refractivity contribution in [3.05, 3.63) is 40.9 Å². The molecule has 1 heterocycles. The summed E-state index contributed by atoms with van der Waals surface area (Å²) in [6.45, 7) is 0. The SMILES string of the molecule is Brc1ccc(NC2=NC3CCCC3CS2)c2ccccc12. The highest BCUT2D eigenvalue weighted by Gasteiger charge is 2.31. The van der Waals surface area contributed by atoms with Crippen molar-refractivity contribution < 1.29 is 0 Å². The minimum Gasteiger partial charge on any atom is -0.334 e. The average molecular weight is 361 g/mol. The van der Waals surface area contributed by atoms with E-state index in [1.54, 1.807) is 0 Å². The van der Waals surface area contributed by atoms with Crippen molar-refractivity contribution in [2.75, 3.05) is 11.1 Å². The van der Waals surface area contributed by atoms with Crippen LogP contribution in [0.2, 0.25) is 0 Å². The Morgan fingerprint density at radius 2 is 1.95 bits per heavy atom. The molecule has 21 heavy (non-hydrogen) atoms.